The third-order valence-corrected chi connectivity index (χ3v) is 12.7. The third kappa shape index (κ3) is 3.96. The molecule has 3 heterocycles. The summed E-state index contributed by atoms with van der Waals surface area (Å²) in [4.78, 5) is 0.0973. The van der Waals surface area contributed by atoms with E-state index in [-0.39, 0.29) is 27.9 Å². The number of nitrogens with zero attached hydrogens (tertiary/aromatic N) is 1. The zero-order valence-corrected chi connectivity index (χ0v) is 19.6. The molecule has 4 atom stereocenters. The Balaban J connectivity index is 1.50. The molecule has 0 unspecified atom stereocenters. The second-order valence-corrected chi connectivity index (χ2v) is 15.6. The monoisotopic (exact) mass is 488 g/mol. The van der Waals surface area contributed by atoms with Crippen LogP contribution in [0.15, 0.2) is 29.2 Å². The van der Waals surface area contributed by atoms with Gasteiger partial charge in [-0.25, -0.2) is 25.3 Å². The zero-order chi connectivity index (χ0) is 22.0. The second-order valence-electron chi connectivity index (χ2n) is 9.41. The molecule has 1 aliphatic carbocycles. The number of sulfonamides is 1. The van der Waals surface area contributed by atoms with Gasteiger partial charge in [-0.2, -0.15) is 4.31 Å². The Morgan fingerprint density at radius 3 is 1.81 bits per heavy atom. The van der Waals surface area contributed by atoms with Gasteiger partial charge in [-0.1, -0.05) is 31.4 Å². The molecule has 1 N–H and O–H groups in total. The van der Waals surface area contributed by atoms with Crippen LogP contribution >= 0.6 is 0 Å². The summed E-state index contributed by atoms with van der Waals surface area (Å²) in [5.41, 5.74) is 1.13. The number of piperazine rings is 1. The van der Waals surface area contributed by atoms with Gasteiger partial charge in [-0.15, -0.1) is 0 Å². The summed E-state index contributed by atoms with van der Waals surface area (Å²) in [5.74, 6) is -0.472. The van der Waals surface area contributed by atoms with Crippen molar-refractivity contribution < 1.29 is 25.3 Å². The van der Waals surface area contributed by atoms with Gasteiger partial charge in [0.1, 0.15) is 0 Å². The summed E-state index contributed by atoms with van der Waals surface area (Å²) in [6.45, 7) is 0. The van der Waals surface area contributed by atoms with E-state index < -0.39 is 53.9 Å². The highest BCUT2D eigenvalue weighted by Crippen LogP contribution is 2.37. The van der Waals surface area contributed by atoms with E-state index in [4.69, 9.17) is 0 Å². The van der Waals surface area contributed by atoms with E-state index in [1.807, 2.05) is 12.1 Å². The Morgan fingerprint density at radius 1 is 0.774 bits per heavy atom. The van der Waals surface area contributed by atoms with Crippen LogP contribution in [0.4, 0.5) is 0 Å². The van der Waals surface area contributed by atoms with Crippen LogP contribution in [-0.2, 0) is 29.7 Å². The number of sulfone groups is 2. The number of nitrogens with one attached hydrogen (secondary N) is 1. The van der Waals surface area contributed by atoms with E-state index in [1.54, 1.807) is 12.1 Å². The van der Waals surface area contributed by atoms with Crippen LogP contribution in [0.5, 0.6) is 0 Å². The quantitative estimate of drug-likeness (QED) is 0.664. The van der Waals surface area contributed by atoms with Gasteiger partial charge in [0, 0.05) is 12.1 Å². The van der Waals surface area contributed by atoms with Gasteiger partial charge in [0.05, 0.1) is 40.0 Å². The van der Waals surface area contributed by atoms with Crippen molar-refractivity contribution in [3.05, 3.63) is 29.8 Å². The Labute approximate surface area is 184 Å². The zero-order valence-electron chi connectivity index (χ0n) is 17.2. The van der Waals surface area contributed by atoms with Crippen LogP contribution in [0.1, 0.15) is 43.6 Å². The second kappa shape index (κ2) is 7.51. The molecule has 4 aliphatic rings. The maximum absolute atomic E-state index is 13.7. The first-order chi connectivity index (χ1) is 14.6. The number of hydrogen-bond donors (Lipinski definition) is 1. The van der Waals surface area contributed by atoms with Crippen molar-refractivity contribution in [2.45, 2.75) is 67.1 Å². The molecule has 0 radical (unpaired) electrons. The lowest BCUT2D eigenvalue weighted by Gasteiger charge is -2.43. The molecule has 1 aromatic rings. The van der Waals surface area contributed by atoms with Gasteiger partial charge in [-0.3, -0.25) is 0 Å². The fourth-order valence-electron chi connectivity index (χ4n) is 5.83. The van der Waals surface area contributed by atoms with Crippen molar-refractivity contribution in [1.29, 1.82) is 0 Å². The maximum Gasteiger partial charge on any atom is 0.243 e. The standard InChI is InChI=1S/C20H28N2O6S3/c23-29(24)10-17-19(12-29)22(20-13-30(25,26)11-18(20)21-17)31(27,28)16-8-6-15(7-9-16)14-4-2-1-3-5-14/h6-9,14,17-21H,1-5,10-13H2/t17-,18+,19-,20-/m0/s1. The molecule has 5 rings (SSSR count). The highest BCUT2D eigenvalue weighted by molar-refractivity contribution is 7.92. The largest absolute Gasteiger partial charge is 0.306 e. The molecular formula is C20H28N2O6S3. The molecule has 0 amide bonds. The first kappa shape index (κ1) is 21.8. The molecule has 0 bridgehead atoms. The SMILES string of the molecule is O=S1(=O)C[C@@H]2N[C@@H]3CS(=O)(=O)C[C@@H]3N(S(=O)(=O)c3ccc(C4CCCCC4)cc3)[C@H]2C1. The number of fused-ring (bicyclic) bond motifs is 2. The van der Waals surface area contributed by atoms with Crippen LogP contribution < -0.4 is 5.32 Å². The summed E-state index contributed by atoms with van der Waals surface area (Å²) >= 11 is 0. The third-order valence-electron chi connectivity index (χ3n) is 7.26. The van der Waals surface area contributed by atoms with Crippen molar-refractivity contribution >= 4 is 29.7 Å². The van der Waals surface area contributed by atoms with Gasteiger partial charge < -0.3 is 5.32 Å². The Kier molecular flexibility index (Phi) is 5.29. The molecule has 3 saturated heterocycles. The molecule has 31 heavy (non-hydrogen) atoms. The Bertz CT molecular complexity index is 1120. The highest BCUT2D eigenvalue weighted by atomic mass is 32.2. The lowest BCUT2D eigenvalue weighted by atomic mass is 9.84. The summed E-state index contributed by atoms with van der Waals surface area (Å²) in [7, 11) is -10.9. The van der Waals surface area contributed by atoms with Gasteiger partial charge in [0.2, 0.25) is 10.0 Å². The van der Waals surface area contributed by atoms with E-state index in [0.29, 0.717) is 5.92 Å². The van der Waals surface area contributed by atoms with Crippen LogP contribution in [0.2, 0.25) is 0 Å². The van der Waals surface area contributed by atoms with Gasteiger partial charge in [-0.05, 0) is 36.5 Å². The molecule has 8 nitrogen and oxygen atoms in total. The predicted octanol–water partition coefficient (Wildman–Crippen LogP) is 0.659. The van der Waals surface area contributed by atoms with Crippen molar-refractivity contribution in [3.63, 3.8) is 0 Å². The number of rotatable bonds is 3. The van der Waals surface area contributed by atoms with Gasteiger partial charge in [0.15, 0.2) is 19.7 Å². The van der Waals surface area contributed by atoms with Crippen molar-refractivity contribution in [1.82, 2.24) is 9.62 Å². The summed E-state index contributed by atoms with van der Waals surface area (Å²) in [6.07, 6.45) is 5.81. The Hall–Kier alpha value is -1.01. The molecule has 3 aliphatic heterocycles. The molecule has 0 aromatic heterocycles. The van der Waals surface area contributed by atoms with E-state index in [1.165, 1.54) is 23.6 Å². The average molecular weight is 489 g/mol. The van der Waals surface area contributed by atoms with E-state index in [2.05, 4.69) is 5.32 Å². The normalized spacial score (nSPS) is 35.5. The molecule has 1 aromatic carbocycles. The molecule has 11 heteroatoms. The smallest absolute Gasteiger partial charge is 0.243 e. The fraction of sp³-hybridized carbons (Fsp3) is 0.700. The molecular weight excluding hydrogens is 460 g/mol. The minimum atomic E-state index is -4.05. The molecule has 1 saturated carbocycles. The minimum absolute atomic E-state index is 0.0973. The van der Waals surface area contributed by atoms with E-state index in [9.17, 15) is 25.3 Å². The Morgan fingerprint density at radius 2 is 1.29 bits per heavy atom. The predicted molar refractivity (Wildman–Crippen MR) is 117 cm³/mol. The summed E-state index contributed by atoms with van der Waals surface area (Å²) in [5, 5.41) is 3.13. The summed E-state index contributed by atoms with van der Waals surface area (Å²) in [6, 6.07) is 4.15. The van der Waals surface area contributed by atoms with Crippen molar-refractivity contribution in [2.24, 2.45) is 0 Å². The van der Waals surface area contributed by atoms with Gasteiger partial charge in [0.25, 0.3) is 0 Å². The van der Waals surface area contributed by atoms with Crippen LogP contribution in [-0.4, -0.2) is 76.7 Å². The molecule has 4 fully saturated rings. The maximum atomic E-state index is 13.7. The fourth-order valence-corrected chi connectivity index (χ4v) is 11.7. The van der Waals surface area contributed by atoms with Gasteiger partial charge >= 0.3 is 0 Å². The molecule has 172 valence electrons. The number of hydrogen-bond acceptors (Lipinski definition) is 7. The van der Waals surface area contributed by atoms with Crippen molar-refractivity contribution in [3.8, 4) is 0 Å². The van der Waals surface area contributed by atoms with Crippen molar-refractivity contribution in [2.75, 3.05) is 23.0 Å². The average Bonchev–Trinajstić information content (AvgIpc) is 3.18. The van der Waals surface area contributed by atoms with Crippen LogP contribution in [0, 0.1) is 0 Å². The lowest BCUT2D eigenvalue weighted by Crippen LogP contribution is -2.67. The minimum Gasteiger partial charge on any atom is -0.306 e. The first-order valence-electron chi connectivity index (χ1n) is 10.9. The first-order valence-corrected chi connectivity index (χ1v) is 15.9. The number of benzene rings is 1. The van der Waals surface area contributed by atoms with E-state index in [0.717, 1.165) is 18.4 Å². The summed E-state index contributed by atoms with van der Waals surface area (Å²) < 4.78 is 77.8. The molecule has 0 spiro atoms. The van der Waals surface area contributed by atoms with Crippen LogP contribution in [0.3, 0.4) is 0 Å². The topological polar surface area (TPSA) is 118 Å². The van der Waals surface area contributed by atoms with Crippen LogP contribution in [0.25, 0.3) is 0 Å². The highest BCUT2D eigenvalue weighted by Gasteiger charge is 2.57. The lowest BCUT2D eigenvalue weighted by molar-refractivity contribution is 0.160. The van der Waals surface area contributed by atoms with E-state index >= 15 is 0 Å².